The molecule has 1 aromatic heterocycles. The number of fused-ring (bicyclic) bond motifs is 1. The summed E-state index contributed by atoms with van der Waals surface area (Å²) in [5.41, 5.74) is 2.17. The molecule has 0 aliphatic heterocycles. The van der Waals surface area contributed by atoms with Crippen molar-refractivity contribution in [2.75, 3.05) is 0 Å². The molecule has 0 unspecified atom stereocenters. The van der Waals surface area contributed by atoms with Crippen molar-refractivity contribution in [1.82, 2.24) is 4.98 Å². The molecule has 0 saturated heterocycles. The Balaban J connectivity index is 1.95. The molecule has 0 N–H and O–H groups in total. The highest BCUT2D eigenvalue weighted by molar-refractivity contribution is 6.31. The molecule has 0 saturated carbocycles. The largest absolute Gasteiger partial charge is 0.407 e. The maximum Gasteiger partial charge on any atom is 0.346 e. The van der Waals surface area contributed by atoms with Gasteiger partial charge in [0.2, 0.25) is 5.89 Å². The molecule has 0 aliphatic carbocycles. The summed E-state index contributed by atoms with van der Waals surface area (Å²) < 4.78 is 5.59. The zero-order chi connectivity index (χ0) is 17.2. The second-order valence-electron chi connectivity index (χ2n) is 5.76. The van der Waals surface area contributed by atoms with Gasteiger partial charge in [0.1, 0.15) is 0 Å². The van der Waals surface area contributed by atoms with Crippen LogP contribution >= 0.6 is 11.6 Å². The Morgan fingerprint density at radius 1 is 0.840 bits per heavy atom. The van der Waals surface area contributed by atoms with E-state index in [1.165, 1.54) is 0 Å². The number of nitrogens with zero attached hydrogens (tertiary/aromatic N) is 1. The smallest absolute Gasteiger partial charge is 0.346 e. The minimum Gasteiger partial charge on any atom is -0.407 e. The average Bonchev–Trinajstić information content (AvgIpc) is 2.64. The van der Waals surface area contributed by atoms with Gasteiger partial charge in [-0.05, 0) is 29.3 Å². The molecule has 4 rings (SSSR count). The Hall–Kier alpha value is -2.91. The number of aromatic nitrogens is 1. The van der Waals surface area contributed by atoms with Gasteiger partial charge in [-0.25, -0.2) is 9.78 Å². The van der Waals surface area contributed by atoms with E-state index in [1.807, 2.05) is 60.7 Å². The summed E-state index contributed by atoms with van der Waals surface area (Å²) in [5, 5.41) is 0.869. The highest BCUT2D eigenvalue weighted by atomic mass is 35.5. The predicted molar refractivity (Wildman–Crippen MR) is 99.1 cm³/mol. The highest BCUT2D eigenvalue weighted by Gasteiger charge is 2.22. The normalized spacial score (nSPS) is 11.1. The highest BCUT2D eigenvalue weighted by Crippen LogP contribution is 2.31. The fourth-order valence-electron chi connectivity index (χ4n) is 2.95. The van der Waals surface area contributed by atoms with E-state index < -0.39 is 5.63 Å². The number of halogens is 1. The molecule has 3 nitrogen and oxygen atoms in total. The zero-order valence-corrected chi connectivity index (χ0v) is 14.0. The molecule has 0 amide bonds. The van der Waals surface area contributed by atoms with Crippen LogP contribution in [0.4, 0.5) is 0 Å². The second-order valence-corrected chi connectivity index (χ2v) is 6.19. The fourth-order valence-corrected chi connectivity index (χ4v) is 3.12. The monoisotopic (exact) mass is 347 g/mol. The Morgan fingerprint density at radius 3 is 2.04 bits per heavy atom. The van der Waals surface area contributed by atoms with E-state index in [-0.39, 0.29) is 5.92 Å². The van der Waals surface area contributed by atoms with Gasteiger partial charge in [-0.15, -0.1) is 0 Å². The maximum absolute atomic E-state index is 12.5. The first kappa shape index (κ1) is 15.6. The molecular formula is C21H14ClNO2. The first-order chi connectivity index (χ1) is 12.2. The van der Waals surface area contributed by atoms with Gasteiger partial charge >= 0.3 is 5.63 Å². The number of hydrogen-bond donors (Lipinski definition) is 0. The lowest BCUT2D eigenvalue weighted by Crippen LogP contribution is -2.11. The first-order valence-electron chi connectivity index (χ1n) is 7.92. The number of hydrogen-bond acceptors (Lipinski definition) is 3. The third-order valence-electron chi connectivity index (χ3n) is 4.12. The van der Waals surface area contributed by atoms with Crippen LogP contribution < -0.4 is 5.63 Å². The molecule has 122 valence electrons. The number of benzene rings is 3. The summed E-state index contributed by atoms with van der Waals surface area (Å²) in [5.74, 6) is 0.118. The SMILES string of the molecule is O=c1oc(C(c2ccccc2)c2ccccc2)nc2ccc(Cl)cc12. The van der Waals surface area contributed by atoms with Gasteiger partial charge in [-0.2, -0.15) is 0 Å². The third kappa shape index (κ3) is 3.06. The van der Waals surface area contributed by atoms with Gasteiger partial charge in [0.05, 0.1) is 16.8 Å². The van der Waals surface area contributed by atoms with Gasteiger partial charge in [0, 0.05) is 5.02 Å². The molecule has 0 radical (unpaired) electrons. The molecule has 4 aromatic rings. The van der Waals surface area contributed by atoms with Crippen LogP contribution in [0.1, 0.15) is 22.9 Å². The summed E-state index contributed by atoms with van der Waals surface area (Å²) in [6.45, 7) is 0. The molecular weight excluding hydrogens is 334 g/mol. The molecule has 0 bridgehead atoms. The van der Waals surface area contributed by atoms with Crippen LogP contribution in [0.2, 0.25) is 5.02 Å². The van der Waals surface area contributed by atoms with Gasteiger partial charge in [-0.1, -0.05) is 72.3 Å². The molecule has 0 atom stereocenters. The van der Waals surface area contributed by atoms with Crippen molar-refractivity contribution in [2.24, 2.45) is 0 Å². The Kier molecular flexibility index (Phi) is 4.08. The standard InChI is InChI=1S/C21H14ClNO2/c22-16-11-12-18-17(13-16)21(24)25-20(23-18)19(14-7-3-1-4-8-14)15-9-5-2-6-10-15/h1-13,19H. The molecule has 3 aromatic carbocycles. The van der Waals surface area contributed by atoms with E-state index in [1.54, 1.807) is 18.2 Å². The van der Waals surface area contributed by atoms with E-state index in [4.69, 9.17) is 16.0 Å². The van der Waals surface area contributed by atoms with Crippen molar-refractivity contribution in [1.29, 1.82) is 0 Å². The maximum atomic E-state index is 12.5. The molecule has 0 fully saturated rings. The van der Waals surface area contributed by atoms with E-state index in [0.29, 0.717) is 21.8 Å². The van der Waals surface area contributed by atoms with Crippen LogP contribution in [-0.2, 0) is 0 Å². The van der Waals surface area contributed by atoms with Crippen LogP contribution in [-0.4, -0.2) is 4.98 Å². The lowest BCUT2D eigenvalue weighted by molar-refractivity contribution is 0.439. The minimum absolute atomic E-state index is 0.254. The van der Waals surface area contributed by atoms with Crippen molar-refractivity contribution < 1.29 is 4.42 Å². The molecule has 4 heteroatoms. The number of rotatable bonds is 3. The second kappa shape index (κ2) is 6.54. The van der Waals surface area contributed by atoms with Crippen LogP contribution in [0.15, 0.2) is 88.1 Å². The van der Waals surface area contributed by atoms with Gasteiger partial charge in [0.15, 0.2) is 0 Å². The Bertz CT molecular complexity index is 1040. The minimum atomic E-state index is -0.431. The van der Waals surface area contributed by atoms with Gasteiger partial charge in [0.25, 0.3) is 0 Å². The van der Waals surface area contributed by atoms with Crippen molar-refractivity contribution >= 4 is 22.5 Å². The quantitative estimate of drug-likeness (QED) is 0.522. The topological polar surface area (TPSA) is 43.1 Å². The molecule has 25 heavy (non-hydrogen) atoms. The third-order valence-corrected chi connectivity index (χ3v) is 4.35. The summed E-state index contributed by atoms with van der Waals surface area (Å²) in [4.78, 5) is 17.1. The summed E-state index contributed by atoms with van der Waals surface area (Å²) >= 11 is 5.98. The van der Waals surface area contributed by atoms with Crippen molar-refractivity contribution in [2.45, 2.75) is 5.92 Å². The van der Waals surface area contributed by atoms with Crippen molar-refractivity contribution in [3.8, 4) is 0 Å². The van der Waals surface area contributed by atoms with Gasteiger partial charge in [-0.3, -0.25) is 0 Å². The average molecular weight is 348 g/mol. The zero-order valence-electron chi connectivity index (χ0n) is 13.2. The molecule has 0 spiro atoms. The molecule has 1 heterocycles. The van der Waals surface area contributed by atoms with Crippen LogP contribution in [0.25, 0.3) is 10.9 Å². The van der Waals surface area contributed by atoms with Crippen molar-refractivity contribution in [3.05, 3.63) is 111 Å². The summed E-state index contributed by atoms with van der Waals surface area (Å²) in [7, 11) is 0. The first-order valence-corrected chi connectivity index (χ1v) is 8.30. The predicted octanol–water partition coefficient (Wildman–Crippen LogP) is 5.02. The fraction of sp³-hybridized carbons (Fsp3) is 0.0476. The van der Waals surface area contributed by atoms with E-state index in [2.05, 4.69) is 4.98 Å². The lowest BCUT2D eigenvalue weighted by atomic mass is 9.91. The van der Waals surface area contributed by atoms with Crippen LogP contribution in [0.5, 0.6) is 0 Å². The van der Waals surface area contributed by atoms with Crippen molar-refractivity contribution in [3.63, 3.8) is 0 Å². The van der Waals surface area contributed by atoms with Crippen LogP contribution in [0.3, 0.4) is 0 Å². The molecule has 0 aliphatic rings. The van der Waals surface area contributed by atoms with Crippen LogP contribution in [0, 0.1) is 0 Å². The Morgan fingerprint density at radius 2 is 1.44 bits per heavy atom. The lowest BCUT2D eigenvalue weighted by Gasteiger charge is -2.16. The summed E-state index contributed by atoms with van der Waals surface area (Å²) in [6.07, 6.45) is 0. The van der Waals surface area contributed by atoms with E-state index in [9.17, 15) is 4.79 Å². The van der Waals surface area contributed by atoms with E-state index >= 15 is 0 Å². The van der Waals surface area contributed by atoms with Gasteiger partial charge < -0.3 is 4.42 Å². The van der Waals surface area contributed by atoms with E-state index in [0.717, 1.165) is 11.1 Å². The Labute approximate surface area is 149 Å². The summed E-state index contributed by atoms with van der Waals surface area (Å²) in [6, 6.07) is 24.8.